The van der Waals surface area contributed by atoms with Crippen molar-refractivity contribution in [1.29, 1.82) is 0 Å². The summed E-state index contributed by atoms with van der Waals surface area (Å²) in [6.45, 7) is 2.70. The highest BCUT2D eigenvalue weighted by atomic mass is 16.5. The molecule has 0 aliphatic rings. The van der Waals surface area contributed by atoms with Crippen LogP contribution in [0, 0.1) is 0 Å². The number of aromatic nitrogens is 4. The van der Waals surface area contributed by atoms with E-state index in [0.717, 1.165) is 16.8 Å². The minimum absolute atomic E-state index is 0.0596. The highest BCUT2D eigenvalue weighted by molar-refractivity contribution is 5.75. The number of rotatable bonds is 6. The second kappa shape index (κ2) is 7.57. The van der Waals surface area contributed by atoms with Gasteiger partial charge >= 0.3 is 0 Å². The number of hydrogen-bond donors (Lipinski definition) is 1. The first-order valence-electron chi connectivity index (χ1n) is 7.97. The Morgan fingerprint density at radius 3 is 2.88 bits per heavy atom. The molecule has 0 saturated carbocycles. The number of methoxy groups -OCH3 is 1. The molecule has 0 bridgehead atoms. The van der Waals surface area contributed by atoms with Gasteiger partial charge in [-0.1, -0.05) is 18.2 Å². The van der Waals surface area contributed by atoms with Crippen LogP contribution in [-0.2, 0) is 11.3 Å². The van der Waals surface area contributed by atoms with Crippen LogP contribution in [0.2, 0.25) is 0 Å². The lowest BCUT2D eigenvalue weighted by atomic mass is 10.1. The van der Waals surface area contributed by atoms with Gasteiger partial charge in [-0.2, -0.15) is 10.1 Å². The number of benzene rings is 1. The minimum Gasteiger partial charge on any atom is -0.481 e. The fourth-order valence-electron chi connectivity index (χ4n) is 2.42. The van der Waals surface area contributed by atoms with Gasteiger partial charge in [-0.15, -0.1) is 0 Å². The van der Waals surface area contributed by atoms with Crippen LogP contribution in [0.4, 0.5) is 0 Å². The highest BCUT2D eigenvalue weighted by Gasteiger charge is 2.08. The molecule has 1 aromatic carbocycles. The Labute approximate surface area is 145 Å². The molecule has 1 N–H and O–H groups in total. The van der Waals surface area contributed by atoms with Gasteiger partial charge in [-0.25, -0.2) is 4.98 Å². The van der Waals surface area contributed by atoms with Crippen LogP contribution >= 0.6 is 0 Å². The predicted octanol–water partition coefficient (Wildman–Crippen LogP) is 2.15. The quantitative estimate of drug-likeness (QED) is 0.745. The lowest BCUT2D eigenvalue weighted by Crippen LogP contribution is -2.27. The molecule has 7 nitrogen and oxygen atoms in total. The number of carbonyl (C=O) groups excluding carboxylic acids is 1. The van der Waals surface area contributed by atoms with Gasteiger partial charge in [0.25, 0.3) is 0 Å². The average Bonchev–Trinajstić information content (AvgIpc) is 3.10. The van der Waals surface area contributed by atoms with Crippen LogP contribution < -0.4 is 10.1 Å². The second-order valence-corrected chi connectivity index (χ2v) is 5.36. The van der Waals surface area contributed by atoms with E-state index in [1.807, 2.05) is 37.3 Å². The van der Waals surface area contributed by atoms with Crippen LogP contribution in [0.3, 0.4) is 0 Å². The van der Waals surface area contributed by atoms with Gasteiger partial charge in [0.2, 0.25) is 11.8 Å². The number of amides is 1. The smallest absolute Gasteiger partial charge is 0.241 e. The summed E-state index contributed by atoms with van der Waals surface area (Å²) in [5, 5.41) is 7.22. The van der Waals surface area contributed by atoms with Crippen molar-refractivity contribution in [3.05, 3.63) is 48.8 Å². The Morgan fingerprint density at radius 1 is 1.24 bits per heavy atom. The van der Waals surface area contributed by atoms with Crippen molar-refractivity contribution in [2.24, 2.45) is 0 Å². The topological polar surface area (TPSA) is 81.9 Å². The molecule has 2 aromatic heterocycles. The van der Waals surface area contributed by atoms with Crippen molar-refractivity contribution in [2.75, 3.05) is 13.7 Å². The predicted molar refractivity (Wildman–Crippen MR) is 93.9 cm³/mol. The standard InChI is InChI=1S/C18H19N5O2/c1-3-19-16(24)12-23-10-8-15(22-23)13-5-4-6-14(11-13)18-20-9-7-17(21-18)25-2/h4-11H,3,12H2,1-2H3,(H,19,24). The van der Waals surface area contributed by atoms with E-state index in [1.165, 1.54) is 0 Å². The molecule has 1 amide bonds. The minimum atomic E-state index is -0.0596. The molecule has 0 radical (unpaired) electrons. The van der Waals surface area contributed by atoms with Crippen LogP contribution in [0.25, 0.3) is 22.6 Å². The maximum absolute atomic E-state index is 11.7. The summed E-state index contributed by atoms with van der Waals surface area (Å²) >= 11 is 0. The normalized spacial score (nSPS) is 10.5. The van der Waals surface area contributed by atoms with Crippen molar-refractivity contribution in [1.82, 2.24) is 25.1 Å². The second-order valence-electron chi connectivity index (χ2n) is 5.36. The molecule has 0 spiro atoms. The Morgan fingerprint density at radius 2 is 2.08 bits per heavy atom. The van der Waals surface area contributed by atoms with E-state index in [0.29, 0.717) is 18.2 Å². The lowest BCUT2D eigenvalue weighted by Gasteiger charge is -2.05. The fraction of sp³-hybridized carbons (Fsp3) is 0.222. The molecular formula is C18H19N5O2. The van der Waals surface area contributed by atoms with E-state index in [1.54, 1.807) is 30.3 Å². The molecule has 0 saturated heterocycles. The van der Waals surface area contributed by atoms with E-state index < -0.39 is 0 Å². The number of hydrogen-bond acceptors (Lipinski definition) is 5. The Kier molecular flexibility index (Phi) is 5.03. The number of likely N-dealkylation sites (N-methyl/N-ethyl adjacent to an activating group) is 1. The molecule has 3 rings (SSSR count). The van der Waals surface area contributed by atoms with Gasteiger partial charge < -0.3 is 10.1 Å². The van der Waals surface area contributed by atoms with Gasteiger partial charge in [0, 0.05) is 36.1 Å². The van der Waals surface area contributed by atoms with E-state index in [9.17, 15) is 4.79 Å². The van der Waals surface area contributed by atoms with Gasteiger partial charge in [0.05, 0.1) is 12.8 Å². The van der Waals surface area contributed by atoms with E-state index in [-0.39, 0.29) is 12.5 Å². The summed E-state index contributed by atoms with van der Waals surface area (Å²) in [6, 6.07) is 11.4. The lowest BCUT2D eigenvalue weighted by molar-refractivity contribution is -0.121. The molecule has 128 valence electrons. The van der Waals surface area contributed by atoms with Crippen LogP contribution in [0.1, 0.15) is 6.92 Å². The van der Waals surface area contributed by atoms with Crippen molar-refractivity contribution >= 4 is 5.91 Å². The third-order valence-corrected chi connectivity index (χ3v) is 3.58. The molecule has 0 unspecified atom stereocenters. The molecule has 25 heavy (non-hydrogen) atoms. The van der Waals surface area contributed by atoms with Gasteiger partial charge in [-0.05, 0) is 19.1 Å². The zero-order valence-electron chi connectivity index (χ0n) is 14.1. The number of ether oxygens (including phenoxy) is 1. The molecule has 0 aliphatic heterocycles. The zero-order valence-corrected chi connectivity index (χ0v) is 14.1. The monoisotopic (exact) mass is 337 g/mol. The summed E-state index contributed by atoms with van der Waals surface area (Å²) < 4.78 is 6.77. The summed E-state index contributed by atoms with van der Waals surface area (Å²) in [5.41, 5.74) is 2.59. The third kappa shape index (κ3) is 4.00. The number of nitrogens with zero attached hydrogens (tertiary/aromatic N) is 4. The van der Waals surface area contributed by atoms with E-state index in [2.05, 4.69) is 20.4 Å². The van der Waals surface area contributed by atoms with Crippen LogP contribution in [0.5, 0.6) is 5.88 Å². The first kappa shape index (κ1) is 16.6. The molecule has 2 heterocycles. The number of nitrogens with one attached hydrogen (secondary N) is 1. The van der Waals surface area contributed by atoms with Gasteiger partial charge in [0.1, 0.15) is 6.54 Å². The Balaban J connectivity index is 1.84. The molecule has 0 atom stereocenters. The van der Waals surface area contributed by atoms with Gasteiger partial charge in [-0.3, -0.25) is 9.48 Å². The fourth-order valence-corrected chi connectivity index (χ4v) is 2.42. The highest BCUT2D eigenvalue weighted by Crippen LogP contribution is 2.24. The molecule has 7 heteroatoms. The summed E-state index contributed by atoms with van der Waals surface area (Å²) in [5.74, 6) is 1.04. The summed E-state index contributed by atoms with van der Waals surface area (Å²) in [4.78, 5) is 20.3. The van der Waals surface area contributed by atoms with Gasteiger partial charge in [0.15, 0.2) is 5.82 Å². The number of carbonyl (C=O) groups is 1. The molecule has 0 fully saturated rings. The molecule has 0 aliphatic carbocycles. The maximum atomic E-state index is 11.7. The largest absolute Gasteiger partial charge is 0.481 e. The third-order valence-electron chi connectivity index (χ3n) is 3.58. The first-order chi connectivity index (χ1) is 12.2. The Hall–Kier alpha value is -3.22. The Bertz CT molecular complexity index is 875. The van der Waals surface area contributed by atoms with E-state index >= 15 is 0 Å². The average molecular weight is 337 g/mol. The molecule has 3 aromatic rings. The van der Waals surface area contributed by atoms with Crippen molar-refractivity contribution in [2.45, 2.75) is 13.5 Å². The van der Waals surface area contributed by atoms with Crippen LogP contribution in [0.15, 0.2) is 48.8 Å². The summed E-state index contributed by atoms with van der Waals surface area (Å²) in [6.07, 6.45) is 3.45. The van der Waals surface area contributed by atoms with E-state index in [4.69, 9.17) is 4.74 Å². The summed E-state index contributed by atoms with van der Waals surface area (Å²) in [7, 11) is 1.57. The van der Waals surface area contributed by atoms with Crippen molar-refractivity contribution in [3.63, 3.8) is 0 Å². The van der Waals surface area contributed by atoms with Crippen molar-refractivity contribution < 1.29 is 9.53 Å². The first-order valence-corrected chi connectivity index (χ1v) is 7.97. The maximum Gasteiger partial charge on any atom is 0.241 e. The van der Waals surface area contributed by atoms with Crippen molar-refractivity contribution in [3.8, 4) is 28.5 Å². The SMILES string of the molecule is CCNC(=O)Cn1ccc(-c2cccc(-c3nccc(OC)n3)c2)n1. The zero-order chi connectivity index (χ0) is 17.6. The molecular weight excluding hydrogens is 318 g/mol. The van der Waals surface area contributed by atoms with Crippen LogP contribution in [-0.4, -0.2) is 39.3 Å².